The number of nitrogens with zero attached hydrogens (tertiary/aromatic N) is 1. The minimum atomic E-state index is -0.235. The summed E-state index contributed by atoms with van der Waals surface area (Å²) in [6.45, 7) is 2.17. The number of carbonyl (C=O) groups is 2. The van der Waals surface area contributed by atoms with Crippen molar-refractivity contribution in [1.82, 2.24) is 4.98 Å². The van der Waals surface area contributed by atoms with E-state index in [1.165, 1.54) is 30.6 Å². The summed E-state index contributed by atoms with van der Waals surface area (Å²) in [4.78, 5) is 29.8. The maximum absolute atomic E-state index is 13.0. The fraction of sp³-hybridized carbons (Fsp3) is 0.542. The molecule has 4 aliphatic carbocycles. The molecule has 6 heteroatoms. The number of anilines is 1. The second-order valence-electron chi connectivity index (χ2n) is 9.55. The Morgan fingerprint density at radius 3 is 2.47 bits per heavy atom. The van der Waals surface area contributed by atoms with Gasteiger partial charge in [0.2, 0.25) is 5.91 Å². The molecule has 5 nitrogen and oxygen atoms in total. The Morgan fingerprint density at radius 1 is 1.13 bits per heavy atom. The van der Waals surface area contributed by atoms with E-state index in [0.717, 1.165) is 59.0 Å². The van der Waals surface area contributed by atoms with Gasteiger partial charge in [-0.3, -0.25) is 9.59 Å². The Hall–Kier alpha value is -2.21. The van der Waals surface area contributed by atoms with Gasteiger partial charge in [-0.05, 0) is 74.8 Å². The Balaban J connectivity index is 1.15. The van der Waals surface area contributed by atoms with Crippen molar-refractivity contribution in [1.29, 1.82) is 0 Å². The van der Waals surface area contributed by atoms with Crippen molar-refractivity contribution < 1.29 is 14.3 Å². The average Bonchev–Trinajstić information content (AvgIpc) is 3.14. The molecule has 6 rings (SSSR count). The first-order valence-electron chi connectivity index (χ1n) is 10.9. The van der Waals surface area contributed by atoms with Gasteiger partial charge in [-0.25, -0.2) is 4.98 Å². The molecule has 1 heterocycles. The van der Waals surface area contributed by atoms with Crippen LogP contribution in [0.4, 0.5) is 5.69 Å². The van der Waals surface area contributed by atoms with Crippen LogP contribution in [0.1, 0.15) is 54.8 Å². The quantitative estimate of drug-likeness (QED) is 0.670. The van der Waals surface area contributed by atoms with E-state index in [4.69, 9.17) is 4.74 Å². The molecular formula is C24H28N2O3S. The van der Waals surface area contributed by atoms with Crippen molar-refractivity contribution in [3.05, 3.63) is 45.9 Å². The number of hydrogen-bond donors (Lipinski definition) is 1. The molecule has 0 atom stereocenters. The van der Waals surface area contributed by atoms with Crippen LogP contribution in [0.3, 0.4) is 0 Å². The van der Waals surface area contributed by atoms with Crippen LogP contribution in [0.5, 0.6) is 0 Å². The van der Waals surface area contributed by atoms with Gasteiger partial charge in [-0.15, -0.1) is 11.3 Å². The minimum Gasteiger partial charge on any atom is -0.459 e. The molecule has 158 valence electrons. The third-order valence-electron chi connectivity index (χ3n) is 7.15. The highest BCUT2D eigenvalue weighted by atomic mass is 32.1. The van der Waals surface area contributed by atoms with Gasteiger partial charge < -0.3 is 10.1 Å². The van der Waals surface area contributed by atoms with Gasteiger partial charge >= 0.3 is 5.97 Å². The maximum atomic E-state index is 13.0. The molecule has 30 heavy (non-hydrogen) atoms. The molecule has 1 amide bonds. The second kappa shape index (κ2) is 7.80. The third-order valence-corrected chi connectivity index (χ3v) is 8.05. The first-order valence-corrected chi connectivity index (χ1v) is 11.8. The molecule has 1 aromatic carbocycles. The average molecular weight is 425 g/mol. The van der Waals surface area contributed by atoms with E-state index in [-0.39, 0.29) is 30.3 Å². The number of amides is 1. The minimum absolute atomic E-state index is 0.0200. The molecule has 4 bridgehead atoms. The number of para-hydroxylation sites is 1. The maximum Gasteiger partial charge on any atom is 0.312 e. The van der Waals surface area contributed by atoms with Crippen LogP contribution in [0.25, 0.3) is 0 Å². The van der Waals surface area contributed by atoms with E-state index < -0.39 is 0 Å². The highest BCUT2D eigenvalue weighted by Gasteiger charge is 2.55. The normalized spacial score (nSPS) is 29.0. The van der Waals surface area contributed by atoms with Crippen molar-refractivity contribution >= 4 is 28.9 Å². The fourth-order valence-corrected chi connectivity index (χ4v) is 6.97. The summed E-state index contributed by atoms with van der Waals surface area (Å²) in [5, 5.41) is 5.56. The summed E-state index contributed by atoms with van der Waals surface area (Å²) in [6.07, 6.45) is 7.20. The number of nitrogens with one attached hydrogen (secondary N) is 1. The predicted molar refractivity (Wildman–Crippen MR) is 116 cm³/mol. The van der Waals surface area contributed by atoms with Crippen LogP contribution in [0, 0.1) is 30.1 Å². The molecule has 4 aliphatic rings. The molecule has 0 saturated heterocycles. The van der Waals surface area contributed by atoms with Crippen LogP contribution in [-0.2, 0) is 27.4 Å². The molecule has 2 aromatic rings. The number of benzene rings is 1. The lowest BCUT2D eigenvalue weighted by atomic mass is 9.49. The van der Waals surface area contributed by atoms with Gasteiger partial charge in [0, 0.05) is 11.1 Å². The zero-order valence-corrected chi connectivity index (χ0v) is 18.2. The predicted octanol–water partition coefficient (Wildman–Crippen LogP) is 4.89. The lowest BCUT2D eigenvalue weighted by Gasteiger charge is -2.55. The van der Waals surface area contributed by atoms with E-state index in [2.05, 4.69) is 10.3 Å². The number of rotatable bonds is 6. The number of aryl methyl sites for hydroxylation is 1. The Morgan fingerprint density at radius 2 is 1.80 bits per heavy atom. The van der Waals surface area contributed by atoms with E-state index in [9.17, 15) is 9.59 Å². The zero-order valence-electron chi connectivity index (χ0n) is 17.4. The zero-order chi connectivity index (χ0) is 20.7. The summed E-state index contributed by atoms with van der Waals surface area (Å²) in [5.74, 6) is 2.06. The number of carbonyl (C=O) groups excluding carboxylic acids is 2. The van der Waals surface area contributed by atoms with E-state index in [0.29, 0.717) is 0 Å². The smallest absolute Gasteiger partial charge is 0.312 e. The van der Waals surface area contributed by atoms with Gasteiger partial charge in [0.25, 0.3) is 0 Å². The number of esters is 1. The molecule has 0 aliphatic heterocycles. The number of aromatic nitrogens is 1. The lowest BCUT2D eigenvalue weighted by Crippen LogP contribution is -2.50. The Bertz CT molecular complexity index is 932. The molecule has 0 unspecified atom stereocenters. The van der Waals surface area contributed by atoms with Gasteiger partial charge in [-0.1, -0.05) is 18.2 Å². The third kappa shape index (κ3) is 3.89. The van der Waals surface area contributed by atoms with E-state index in [1.807, 2.05) is 36.6 Å². The molecule has 1 aromatic heterocycles. The molecule has 1 N–H and O–H groups in total. The van der Waals surface area contributed by atoms with Crippen LogP contribution < -0.4 is 5.32 Å². The monoisotopic (exact) mass is 424 g/mol. The first kappa shape index (κ1) is 19.7. The molecule has 4 fully saturated rings. The number of hydrogen-bond acceptors (Lipinski definition) is 5. The SMILES string of the molecule is Cc1ccccc1NC(=O)Cc1nc(COC(=O)C23CC4CC(CC(C4)C2)C3)cs1. The number of thiazole rings is 1. The molecular weight excluding hydrogens is 396 g/mol. The Labute approximate surface area is 181 Å². The van der Waals surface area contributed by atoms with Crippen LogP contribution in [-0.4, -0.2) is 16.9 Å². The van der Waals surface area contributed by atoms with E-state index >= 15 is 0 Å². The van der Waals surface area contributed by atoms with E-state index in [1.54, 1.807) is 0 Å². The van der Waals surface area contributed by atoms with Gasteiger partial charge in [0.05, 0.1) is 17.5 Å². The fourth-order valence-electron chi connectivity index (χ4n) is 6.19. The summed E-state index contributed by atoms with van der Waals surface area (Å²) in [7, 11) is 0. The van der Waals surface area contributed by atoms with Crippen molar-refractivity contribution in [3.63, 3.8) is 0 Å². The Kier molecular flexibility index (Phi) is 5.13. The van der Waals surface area contributed by atoms with Gasteiger partial charge in [0.15, 0.2) is 0 Å². The second-order valence-corrected chi connectivity index (χ2v) is 10.5. The summed E-state index contributed by atoms with van der Waals surface area (Å²) >= 11 is 1.44. The van der Waals surface area contributed by atoms with Crippen molar-refractivity contribution in [2.45, 2.75) is 58.5 Å². The standard InChI is InChI=1S/C24H28N2O3S/c1-15-4-2-3-5-20(15)26-21(27)9-22-25-19(14-30-22)13-29-23(28)24-10-16-6-17(11-24)8-18(7-16)12-24/h2-5,14,16-18H,6-13H2,1H3,(H,26,27). The van der Waals surface area contributed by atoms with Gasteiger partial charge in [0.1, 0.15) is 11.6 Å². The number of ether oxygens (including phenoxy) is 1. The van der Waals surface area contributed by atoms with Gasteiger partial charge in [-0.2, -0.15) is 0 Å². The molecule has 4 saturated carbocycles. The lowest BCUT2D eigenvalue weighted by molar-refractivity contribution is -0.173. The highest BCUT2D eigenvalue weighted by Crippen LogP contribution is 2.60. The van der Waals surface area contributed by atoms with Crippen LogP contribution >= 0.6 is 11.3 Å². The summed E-state index contributed by atoms with van der Waals surface area (Å²) in [5.41, 5.74) is 2.35. The first-order chi connectivity index (χ1) is 14.5. The summed E-state index contributed by atoms with van der Waals surface area (Å²) in [6, 6.07) is 7.71. The van der Waals surface area contributed by atoms with Crippen molar-refractivity contribution in [3.8, 4) is 0 Å². The topological polar surface area (TPSA) is 68.3 Å². The largest absolute Gasteiger partial charge is 0.459 e. The van der Waals surface area contributed by atoms with Crippen LogP contribution in [0.2, 0.25) is 0 Å². The molecule has 0 spiro atoms. The highest BCUT2D eigenvalue weighted by molar-refractivity contribution is 7.09. The molecule has 0 radical (unpaired) electrons. The van der Waals surface area contributed by atoms with Crippen molar-refractivity contribution in [2.24, 2.45) is 23.2 Å². The van der Waals surface area contributed by atoms with Crippen LogP contribution in [0.15, 0.2) is 29.6 Å². The summed E-state index contributed by atoms with van der Waals surface area (Å²) < 4.78 is 5.75. The van der Waals surface area contributed by atoms with Crippen molar-refractivity contribution in [2.75, 3.05) is 5.32 Å².